The van der Waals surface area contributed by atoms with Gasteiger partial charge in [0.2, 0.25) is 5.91 Å². The van der Waals surface area contributed by atoms with Gasteiger partial charge in [0.25, 0.3) is 0 Å². The van der Waals surface area contributed by atoms with Crippen molar-refractivity contribution in [1.29, 1.82) is 0 Å². The molecule has 1 fully saturated rings. The first-order valence-electron chi connectivity index (χ1n) is 5.20. The molecule has 0 unspecified atom stereocenters. The molecule has 94 valence electrons. The number of hydrogen-bond acceptors (Lipinski definition) is 5. The maximum absolute atomic E-state index is 11.6. The number of sulfone groups is 1. The third kappa shape index (κ3) is 2.93. The number of aliphatic hydroxyl groups is 2. The lowest BCUT2D eigenvalue weighted by molar-refractivity contribution is -0.135. The topological polar surface area (TPSA) is 94.9 Å². The first-order chi connectivity index (χ1) is 7.41. The van der Waals surface area contributed by atoms with Crippen molar-refractivity contribution >= 4 is 15.7 Å². The van der Waals surface area contributed by atoms with Crippen LogP contribution in [0, 0.1) is 0 Å². The lowest BCUT2D eigenvalue weighted by atomic mass is 10.1. The summed E-state index contributed by atoms with van der Waals surface area (Å²) >= 11 is 0. The molecule has 0 radical (unpaired) electrons. The van der Waals surface area contributed by atoms with Gasteiger partial charge < -0.3 is 15.1 Å². The molecule has 7 heteroatoms. The summed E-state index contributed by atoms with van der Waals surface area (Å²) in [6, 6.07) is -0.718. The summed E-state index contributed by atoms with van der Waals surface area (Å²) in [5.74, 6) is -0.786. The lowest BCUT2D eigenvalue weighted by Crippen LogP contribution is -2.47. The van der Waals surface area contributed by atoms with Gasteiger partial charge in [0.15, 0.2) is 9.84 Å². The Labute approximate surface area is 94.8 Å². The molecule has 0 saturated carbocycles. The van der Waals surface area contributed by atoms with Crippen LogP contribution in [0.5, 0.6) is 0 Å². The second-order valence-electron chi connectivity index (χ2n) is 3.88. The average molecular weight is 251 g/mol. The number of aliphatic hydroxyl groups excluding tert-OH is 2. The molecule has 16 heavy (non-hydrogen) atoms. The minimum atomic E-state index is -3.28. The predicted octanol–water partition coefficient (Wildman–Crippen LogP) is -1.62. The first-order valence-corrected chi connectivity index (χ1v) is 7.02. The van der Waals surface area contributed by atoms with Crippen molar-refractivity contribution in [1.82, 2.24) is 4.90 Å². The Morgan fingerprint density at radius 2 is 2.06 bits per heavy atom. The number of carbonyl (C=O) groups is 1. The van der Waals surface area contributed by atoms with E-state index in [2.05, 4.69) is 0 Å². The van der Waals surface area contributed by atoms with Gasteiger partial charge in [-0.25, -0.2) is 8.42 Å². The van der Waals surface area contributed by atoms with E-state index in [0.29, 0.717) is 0 Å². The van der Waals surface area contributed by atoms with E-state index in [1.165, 1.54) is 4.90 Å². The fraction of sp³-hybridized carbons (Fsp3) is 0.889. The van der Waals surface area contributed by atoms with Crippen LogP contribution < -0.4 is 0 Å². The Morgan fingerprint density at radius 1 is 1.44 bits per heavy atom. The van der Waals surface area contributed by atoms with Gasteiger partial charge >= 0.3 is 0 Å². The summed E-state index contributed by atoms with van der Waals surface area (Å²) in [6.07, 6.45) is -0.824. The Hall–Kier alpha value is -0.660. The van der Waals surface area contributed by atoms with Crippen LogP contribution in [-0.4, -0.2) is 66.2 Å². The SMILES string of the molecule is CCC(=O)N(CCO)[C@@H]1CS(=O)(=O)C[C@@H]1O. The molecule has 0 bridgehead atoms. The van der Waals surface area contributed by atoms with E-state index in [0.717, 1.165) is 0 Å². The zero-order valence-electron chi connectivity index (χ0n) is 9.16. The van der Waals surface area contributed by atoms with Gasteiger partial charge in [0, 0.05) is 13.0 Å². The van der Waals surface area contributed by atoms with Crippen LogP contribution in [0.1, 0.15) is 13.3 Å². The second kappa shape index (κ2) is 5.11. The molecular weight excluding hydrogens is 234 g/mol. The minimum absolute atomic E-state index is 0.0594. The third-order valence-corrected chi connectivity index (χ3v) is 4.36. The Morgan fingerprint density at radius 3 is 2.44 bits per heavy atom. The van der Waals surface area contributed by atoms with Crippen molar-refractivity contribution in [3.8, 4) is 0 Å². The maximum atomic E-state index is 11.6. The van der Waals surface area contributed by atoms with Crippen molar-refractivity contribution in [3.05, 3.63) is 0 Å². The van der Waals surface area contributed by atoms with Gasteiger partial charge in [0.05, 0.1) is 30.3 Å². The number of nitrogens with zero attached hydrogens (tertiary/aromatic N) is 1. The van der Waals surface area contributed by atoms with E-state index >= 15 is 0 Å². The molecule has 0 aromatic rings. The molecule has 1 heterocycles. The fourth-order valence-corrected chi connectivity index (χ4v) is 3.70. The molecule has 1 aliphatic heterocycles. The summed E-state index contributed by atoms with van der Waals surface area (Å²) in [4.78, 5) is 12.8. The van der Waals surface area contributed by atoms with Gasteiger partial charge in [-0.05, 0) is 0 Å². The number of carbonyl (C=O) groups excluding carboxylic acids is 1. The van der Waals surface area contributed by atoms with Gasteiger partial charge in [-0.3, -0.25) is 4.79 Å². The monoisotopic (exact) mass is 251 g/mol. The number of hydrogen-bond donors (Lipinski definition) is 2. The average Bonchev–Trinajstić information content (AvgIpc) is 2.47. The fourth-order valence-electron chi connectivity index (χ4n) is 1.89. The second-order valence-corrected chi connectivity index (χ2v) is 6.03. The van der Waals surface area contributed by atoms with Crippen LogP contribution in [0.4, 0.5) is 0 Å². The van der Waals surface area contributed by atoms with Crippen molar-refractivity contribution < 1.29 is 23.4 Å². The van der Waals surface area contributed by atoms with Gasteiger partial charge in [-0.15, -0.1) is 0 Å². The molecule has 6 nitrogen and oxygen atoms in total. The maximum Gasteiger partial charge on any atom is 0.222 e. The van der Waals surface area contributed by atoms with Gasteiger partial charge in [-0.2, -0.15) is 0 Å². The van der Waals surface area contributed by atoms with Gasteiger partial charge in [0.1, 0.15) is 0 Å². The predicted molar refractivity (Wildman–Crippen MR) is 57.5 cm³/mol. The molecule has 1 saturated heterocycles. The van der Waals surface area contributed by atoms with E-state index in [4.69, 9.17) is 5.11 Å². The largest absolute Gasteiger partial charge is 0.395 e. The van der Waals surface area contributed by atoms with Crippen LogP contribution in [0.15, 0.2) is 0 Å². The van der Waals surface area contributed by atoms with Crippen molar-refractivity contribution in [2.45, 2.75) is 25.5 Å². The van der Waals surface area contributed by atoms with Crippen molar-refractivity contribution in [2.75, 3.05) is 24.7 Å². The van der Waals surface area contributed by atoms with E-state index in [-0.39, 0.29) is 37.0 Å². The van der Waals surface area contributed by atoms with E-state index in [1.54, 1.807) is 6.92 Å². The summed E-state index contributed by atoms with van der Waals surface area (Å²) in [6.45, 7) is 1.47. The van der Waals surface area contributed by atoms with Crippen LogP contribution >= 0.6 is 0 Å². The van der Waals surface area contributed by atoms with E-state index < -0.39 is 22.0 Å². The standard InChI is InChI=1S/C9H17NO5S/c1-2-9(13)10(3-4-11)7-5-16(14,15)6-8(7)12/h7-8,11-12H,2-6H2,1H3/t7-,8+/m1/s1. The Kier molecular flexibility index (Phi) is 4.28. The summed E-state index contributed by atoms with van der Waals surface area (Å²) < 4.78 is 22.6. The highest BCUT2D eigenvalue weighted by Crippen LogP contribution is 2.19. The molecule has 1 rings (SSSR count). The Balaban J connectivity index is 2.83. The first kappa shape index (κ1) is 13.4. The molecule has 1 aliphatic rings. The normalized spacial score (nSPS) is 27.9. The van der Waals surface area contributed by atoms with Crippen molar-refractivity contribution in [3.63, 3.8) is 0 Å². The molecule has 2 atom stereocenters. The van der Waals surface area contributed by atoms with Crippen molar-refractivity contribution in [2.24, 2.45) is 0 Å². The van der Waals surface area contributed by atoms with E-state index in [1.807, 2.05) is 0 Å². The minimum Gasteiger partial charge on any atom is -0.395 e. The number of amides is 1. The molecular formula is C9H17NO5S. The number of rotatable bonds is 4. The highest BCUT2D eigenvalue weighted by Gasteiger charge is 2.41. The Bertz CT molecular complexity index is 353. The molecule has 0 spiro atoms. The summed E-state index contributed by atoms with van der Waals surface area (Å²) in [5.41, 5.74) is 0. The van der Waals surface area contributed by atoms with Crippen LogP contribution in [0.25, 0.3) is 0 Å². The summed E-state index contributed by atoms with van der Waals surface area (Å²) in [7, 11) is -3.28. The third-order valence-electron chi connectivity index (χ3n) is 2.66. The lowest BCUT2D eigenvalue weighted by Gasteiger charge is -2.29. The molecule has 0 aromatic carbocycles. The van der Waals surface area contributed by atoms with Gasteiger partial charge in [-0.1, -0.05) is 6.92 Å². The summed E-state index contributed by atoms with van der Waals surface area (Å²) in [5, 5.41) is 18.4. The molecule has 0 aromatic heterocycles. The molecule has 2 N–H and O–H groups in total. The zero-order chi connectivity index (χ0) is 12.3. The highest BCUT2D eigenvalue weighted by molar-refractivity contribution is 7.91. The highest BCUT2D eigenvalue weighted by atomic mass is 32.2. The van der Waals surface area contributed by atoms with Crippen LogP contribution in [-0.2, 0) is 14.6 Å². The smallest absolute Gasteiger partial charge is 0.222 e. The van der Waals surface area contributed by atoms with Crippen LogP contribution in [0.2, 0.25) is 0 Å². The molecule has 1 amide bonds. The molecule has 0 aliphatic carbocycles. The van der Waals surface area contributed by atoms with E-state index in [9.17, 15) is 18.3 Å². The quantitative estimate of drug-likeness (QED) is 0.626. The van der Waals surface area contributed by atoms with Crippen LogP contribution in [0.3, 0.4) is 0 Å². The zero-order valence-corrected chi connectivity index (χ0v) is 9.98.